The maximum atomic E-state index is 12.8. The van der Waals surface area contributed by atoms with Crippen LogP contribution >= 0.6 is 0 Å². The van der Waals surface area contributed by atoms with E-state index in [2.05, 4.69) is 34.7 Å². The van der Waals surface area contributed by atoms with E-state index >= 15 is 0 Å². The Bertz CT molecular complexity index is 766. The van der Waals surface area contributed by atoms with Gasteiger partial charge < -0.3 is 19.1 Å². The van der Waals surface area contributed by atoms with Crippen LogP contribution in [-0.2, 0) is 23.0 Å². The summed E-state index contributed by atoms with van der Waals surface area (Å²) >= 11 is 0. The number of morpholine rings is 1. The van der Waals surface area contributed by atoms with Crippen molar-refractivity contribution in [2.24, 2.45) is 13.0 Å². The number of aryl methyl sites for hydroxylation is 1. The number of hydrogen-bond donors (Lipinski definition) is 0. The zero-order valence-corrected chi connectivity index (χ0v) is 15.6. The number of piperidine rings is 1. The third-order valence-corrected chi connectivity index (χ3v) is 5.71. The Morgan fingerprint density at radius 2 is 2.04 bits per heavy atom. The van der Waals surface area contributed by atoms with Crippen molar-refractivity contribution in [1.82, 2.24) is 19.4 Å². The van der Waals surface area contributed by atoms with Crippen LogP contribution in [0.15, 0.2) is 24.3 Å². The molecule has 3 heterocycles. The van der Waals surface area contributed by atoms with E-state index in [-0.39, 0.29) is 5.92 Å². The maximum absolute atomic E-state index is 12.8. The van der Waals surface area contributed by atoms with Crippen LogP contribution < -0.4 is 0 Å². The van der Waals surface area contributed by atoms with Gasteiger partial charge in [-0.2, -0.15) is 0 Å². The molecule has 1 amide bonds. The molecule has 140 valence electrons. The summed E-state index contributed by atoms with van der Waals surface area (Å²) in [5, 5.41) is 0. The molecule has 0 saturated carbocycles. The SMILES string of the molecule is Cn1c(CCN2CCCC(C(=O)N3CCOCC3)C2)nc2ccccc21. The summed E-state index contributed by atoms with van der Waals surface area (Å²) in [5.74, 6) is 1.58. The monoisotopic (exact) mass is 356 g/mol. The molecule has 4 rings (SSSR count). The second-order valence-electron chi connectivity index (χ2n) is 7.40. The fourth-order valence-electron chi connectivity index (χ4n) is 4.18. The fourth-order valence-corrected chi connectivity index (χ4v) is 4.18. The minimum absolute atomic E-state index is 0.141. The summed E-state index contributed by atoms with van der Waals surface area (Å²) < 4.78 is 7.56. The summed E-state index contributed by atoms with van der Waals surface area (Å²) in [7, 11) is 2.09. The van der Waals surface area contributed by atoms with E-state index in [0.29, 0.717) is 19.1 Å². The van der Waals surface area contributed by atoms with E-state index < -0.39 is 0 Å². The van der Waals surface area contributed by atoms with Crippen molar-refractivity contribution in [3.05, 3.63) is 30.1 Å². The molecule has 2 saturated heterocycles. The van der Waals surface area contributed by atoms with Crippen LogP contribution in [-0.4, -0.2) is 71.2 Å². The van der Waals surface area contributed by atoms with Gasteiger partial charge in [-0.25, -0.2) is 4.98 Å². The predicted molar refractivity (Wildman–Crippen MR) is 101 cm³/mol. The number of likely N-dealkylation sites (tertiary alicyclic amines) is 1. The van der Waals surface area contributed by atoms with Gasteiger partial charge in [0.1, 0.15) is 5.82 Å². The van der Waals surface area contributed by atoms with Crippen molar-refractivity contribution >= 4 is 16.9 Å². The summed E-state index contributed by atoms with van der Waals surface area (Å²) in [6.07, 6.45) is 3.03. The number of amides is 1. The molecule has 0 N–H and O–H groups in total. The van der Waals surface area contributed by atoms with Crippen molar-refractivity contribution in [1.29, 1.82) is 0 Å². The van der Waals surface area contributed by atoms with Gasteiger partial charge in [0, 0.05) is 39.6 Å². The Balaban J connectivity index is 1.35. The highest BCUT2D eigenvalue weighted by Gasteiger charge is 2.30. The van der Waals surface area contributed by atoms with Gasteiger partial charge >= 0.3 is 0 Å². The lowest BCUT2D eigenvalue weighted by Gasteiger charge is -2.36. The van der Waals surface area contributed by atoms with Crippen LogP contribution in [0, 0.1) is 5.92 Å². The number of carbonyl (C=O) groups excluding carboxylic acids is 1. The van der Waals surface area contributed by atoms with E-state index in [0.717, 1.165) is 63.3 Å². The lowest BCUT2D eigenvalue weighted by atomic mass is 9.96. The van der Waals surface area contributed by atoms with Crippen molar-refractivity contribution in [3.63, 3.8) is 0 Å². The summed E-state index contributed by atoms with van der Waals surface area (Å²) in [6, 6.07) is 8.27. The van der Waals surface area contributed by atoms with Crippen LogP contribution in [0.4, 0.5) is 0 Å². The molecule has 1 aromatic carbocycles. The molecule has 0 radical (unpaired) electrons. The minimum atomic E-state index is 0.141. The third kappa shape index (κ3) is 3.62. The first kappa shape index (κ1) is 17.5. The largest absolute Gasteiger partial charge is 0.378 e. The molecular weight excluding hydrogens is 328 g/mol. The number of benzene rings is 1. The average Bonchev–Trinajstić information content (AvgIpc) is 3.03. The lowest BCUT2D eigenvalue weighted by molar-refractivity contribution is -0.141. The molecule has 1 atom stereocenters. The third-order valence-electron chi connectivity index (χ3n) is 5.71. The van der Waals surface area contributed by atoms with E-state index in [4.69, 9.17) is 9.72 Å². The Kier molecular flexibility index (Phi) is 5.22. The molecular formula is C20H28N4O2. The van der Waals surface area contributed by atoms with Crippen molar-refractivity contribution in [3.8, 4) is 0 Å². The van der Waals surface area contributed by atoms with Gasteiger partial charge in [-0.3, -0.25) is 4.79 Å². The molecule has 2 aromatic rings. The van der Waals surface area contributed by atoms with Crippen molar-refractivity contribution < 1.29 is 9.53 Å². The standard InChI is InChI=1S/C20H28N4O2/c1-22-18-7-3-2-6-17(18)21-19(22)8-10-23-9-4-5-16(15-23)20(25)24-11-13-26-14-12-24/h2-3,6-7,16H,4-5,8-15H2,1H3. The number of para-hydroxylation sites is 2. The molecule has 1 aromatic heterocycles. The first-order valence-corrected chi connectivity index (χ1v) is 9.71. The van der Waals surface area contributed by atoms with Gasteiger partial charge in [-0.1, -0.05) is 12.1 Å². The molecule has 6 heteroatoms. The van der Waals surface area contributed by atoms with E-state index in [1.807, 2.05) is 11.0 Å². The molecule has 2 aliphatic heterocycles. The number of ether oxygens (including phenoxy) is 1. The van der Waals surface area contributed by atoms with E-state index in [1.54, 1.807) is 0 Å². The van der Waals surface area contributed by atoms with Crippen LogP contribution in [0.2, 0.25) is 0 Å². The summed E-state index contributed by atoms with van der Waals surface area (Å²) in [6.45, 7) is 5.76. The number of nitrogens with zero attached hydrogens (tertiary/aromatic N) is 4. The molecule has 2 aliphatic rings. The number of rotatable bonds is 4. The Morgan fingerprint density at radius 1 is 1.23 bits per heavy atom. The first-order chi connectivity index (χ1) is 12.7. The minimum Gasteiger partial charge on any atom is -0.378 e. The zero-order chi connectivity index (χ0) is 17.9. The number of carbonyl (C=O) groups is 1. The van der Waals surface area contributed by atoms with Crippen LogP contribution in [0.3, 0.4) is 0 Å². The van der Waals surface area contributed by atoms with Crippen molar-refractivity contribution in [2.75, 3.05) is 45.9 Å². The van der Waals surface area contributed by atoms with E-state index in [9.17, 15) is 4.79 Å². The first-order valence-electron chi connectivity index (χ1n) is 9.71. The smallest absolute Gasteiger partial charge is 0.227 e. The second kappa shape index (κ2) is 7.76. The Morgan fingerprint density at radius 3 is 2.85 bits per heavy atom. The molecule has 0 bridgehead atoms. The molecule has 0 spiro atoms. The normalized spacial score (nSPS) is 22.0. The van der Waals surface area contributed by atoms with Gasteiger partial charge in [-0.15, -0.1) is 0 Å². The lowest BCUT2D eigenvalue weighted by Crippen LogP contribution is -2.48. The maximum Gasteiger partial charge on any atom is 0.227 e. The Hall–Kier alpha value is -1.92. The topological polar surface area (TPSA) is 50.6 Å². The van der Waals surface area contributed by atoms with Gasteiger partial charge in [0.2, 0.25) is 5.91 Å². The van der Waals surface area contributed by atoms with Crippen LogP contribution in [0.25, 0.3) is 11.0 Å². The quantitative estimate of drug-likeness (QED) is 0.837. The summed E-state index contributed by atoms with van der Waals surface area (Å²) in [5.41, 5.74) is 2.24. The van der Waals surface area contributed by atoms with Crippen molar-refractivity contribution in [2.45, 2.75) is 19.3 Å². The number of aromatic nitrogens is 2. The fraction of sp³-hybridized carbons (Fsp3) is 0.600. The highest BCUT2D eigenvalue weighted by molar-refractivity contribution is 5.79. The molecule has 1 unspecified atom stereocenters. The number of fused-ring (bicyclic) bond motifs is 1. The number of hydrogen-bond acceptors (Lipinski definition) is 4. The van der Waals surface area contributed by atoms with Gasteiger partial charge in [0.15, 0.2) is 0 Å². The van der Waals surface area contributed by atoms with Crippen LogP contribution in [0.1, 0.15) is 18.7 Å². The number of imidazole rings is 1. The molecule has 2 fully saturated rings. The van der Waals surface area contributed by atoms with Gasteiger partial charge in [0.05, 0.1) is 30.2 Å². The molecule has 0 aliphatic carbocycles. The highest BCUT2D eigenvalue weighted by atomic mass is 16.5. The second-order valence-corrected chi connectivity index (χ2v) is 7.40. The average molecular weight is 356 g/mol. The van der Waals surface area contributed by atoms with Gasteiger partial charge in [0.25, 0.3) is 0 Å². The summed E-state index contributed by atoms with van der Waals surface area (Å²) in [4.78, 5) is 22.0. The predicted octanol–water partition coefficient (Wildman–Crippen LogP) is 1.69. The zero-order valence-electron chi connectivity index (χ0n) is 15.6. The van der Waals surface area contributed by atoms with Crippen LogP contribution in [0.5, 0.6) is 0 Å². The Labute approximate surface area is 154 Å². The highest BCUT2D eigenvalue weighted by Crippen LogP contribution is 2.20. The van der Waals surface area contributed by atoms with E-state index in [1.165, 1.54) is 5.52 Å². The molecule has 26 heavy (non-hydrogen) atoms. The van der Waals surface area contributed by atoms with Gasteiger partial charge in [-0.05, 0) is 31.5 Å². The molecule has 6 nitrogen and oxygen atoms in total.